The summed E-state index contributed by atoms with van der Waals surface area (Å²) in [7, 11) is 0. The molecule has 0 atom stereocenters. The smallest absolute Gasteiger partial charge is 0.310 e. The number of nitriles is 1. The summed E-state index contributed by atoms with van der Waals surface area (Å²) in [6.45, 7) is 1.87. The highest BCUT2D eigenvalue weighted by Crippen LogP contribution is 2.26. The zero-order chi connectivity index (χ0) is 13.7. The van der Waals surface area contributed by atoms with Gasteiger partial charge in [-0.05, 0) is 41.1 Å². The summed E-state index contributed by atoms with van der Waals surface area (Å²) in [5.74, 6) is -0.522. The Balaban J connectivity index is 3.14. The van der Waals surface area contributed by atoms with Gasteiger partial charge < -0.3 is 4.74 Å². The molecule has 0 aliphatic rings. The summed E-state index contributed by atoms with van der Waals surface area (Å²) in [5.41, 5.74) is -0.283. The molecule has 0 N–H and O–H groups in total. The molecule has 0 radical (unpaired) electrons. The molecule has 0 fully saturated rings. The molecule has 1 rings (SSSR count). The van der Waals surface area contributed by atoms with Crippen molar-refractivity contribution >= 4 is 28.6 Å². The molecule has 0 saturated carbocycles. The van der Waals surface area contributed by atoms with Gasteiger partial charge in [0.15, 0.2) is 0 Å². The highest BCUT2D eigenvalue weighted by atomic mass is 127. The van der Waals surface area contributed by atoms with E-state index >= 15 is 0 Å². The number of hydrogen-bond acceptors (Lipinski definition) is 4. The fraction of sp³-hybridized carbons (Fsp3) is 0.364. The highest BCUT2D eigenvalue weighted by Gasteiger charge is 2.19. The lowest BCUT2D eigenvalue weighted by atomic mass is 10.1. The Kier molecular flexibility index (Phi) is 5.40. The minimum atomic E-state index is -2.79. The van der Waals surface area contributed by atoms with Crippen molar-refractivity contribution in [3.8, 4) is 6.07 Å². The third-order valence-corrected chi connectivity index (χ3v) is 3.27. The van der Waals surface area contributed by atoms with Crippen LogP contribution in [0.4, 0.5) is 8.78 Å². The molecule has 0 aromatic carbocycles. The van der Waals surface area contributed by atoms with Gasteiger partial charge in [0.1, 0.15) is 17.5 Å². The van der Waals surface area contributed by atoms with Gasteiger partial charge in [-0.15, -0.1) is 0 Å². The Morgan fingerprint density at radius 2 is 2.33 bits per heavy atom. The van der Waals surface area contributed by atoms with Gasteiger partial charge in [-0.2, -0.15) is 5.26 Å². The van der Waals surface area contributed by atoms with Crippen molar-refractivity contribution in [1.82, 2.24) is 4.98 Å². The molecule has 96 valence electrons. The quantitative estimate of drug-likeness (QED) is 0.607. The van der Waals surface area contributed by atoms with Crippen LogP contribution < -0.4 is 0 Å². The van der Waals surface area contributed by atoms with E-state index in [9.17, 15) is 13.6 Å². The molecular weight excluding hydrogens is 357 g/mol. The maximum absolute atomic E-state index is 12.7. The van der Waals surface area contributed by atoms with Gasteiger partial charge in [0.25, 0.3) is 6.43 Å². The molecule has 4 nitrogen and oxygen atoms in total. The van der Waals surface area contributed by atoms with Crippen LogP contribution in [0.1, 0.15) is 30.3 Å². The molecule has 0 unspecified atom stereocenters. The Morgan fingerprint density at radius 3 is 2.83 bits per heavy atom. The monoisotopic (exact) mass is 366 g/mol. The van der Waals surface area contributed by atoms with E-state index in [4.69, 9.17) is 10.00 Å². The van der Waals surface area contributed by atoms with E-state index in [-0.39, 0.29) is 22.3 Å². The van der Waals surface area contributed by atoms with Gasteiger partial charge in [0.2, 0.25) is 0 Å². The molecule has 0 spiro atoms. The Morgan fingerprint density at radius 1 is 1.67 bits per heavy atom. The Hall–Kier alpha value is -1.30. The summed E-state index contributed by atoms with van der Waals surface area (Å²) >= 11 is 1.69. The van der Waals surface area contributed by atoms with Crippen LogP contribution in [0, 0.1) is 14.9 Å². The molecule has 7 heteroatoms. The molecule has 1 aromatic heterocycles. The second-order valence-electron chi connectivity index (χ2n) is 3.26. The molecule has 1 aromatic rings. The third-order valence-electron chi connectivity index (χ3n) is 2.02. The summed E-state index contributed by atoms with van der Waals surface area (Å²) in [5, 5.41) is 8.72. The first-order valence-corrected chi connectivity index (χ1v) is 6.10. The number of esters is 1. The highest BCUT2D eigenvalue weighted by molar-refractivity contribution is 14.1. The average Bonchev–Trinajstić information content (AvgIpc) is 2.31. The van der Waals surface area contributed by atoms with Crippen LogP contribution in [-0.4, -0.2) is 17.6 Å². The zero-order valence-corrected chi connectivity index (χ0v) is 11.6. The second-order valence-corrected chi connectivity index (χ2v) is 4.34. The van der Waals surface area contributed by atoms with Crippen LogP contribution in [0.2, 0.25) is 0 Å². The summed E-state index contributed by atoms with van der Waals surface area (Å²) < 4.78 is 30.4. The van der Waals surface area contributed by atoms with E-state index in [1.165, 1.54) is 6.07 Å². The number of carbonyl (C=O) groups is 1. The predicted octanol–water partition coefficient (Wildman–Crippen LogP) is 2.60. The van der Waals surface area contributed by atoms with Gasteiger partial charge in [0, 0.05) is 3.57 Å². The number of nitrogens with zero attached hydrogens (tertiary/aromatic N) is 2. The minimum absolute atomic E-state index is 0.134. The Labute approximate surface area is 116 Å². The second kappa shape index (κ2) is 6.58. The van der Waals surface area contributed by atoms with Gasteiger partial charge in [-0.25, -0.2) is 13.8 Å². The van der Waals surface area contributed by atoms with Crippen molar-refractivity contribution in [2.24, 2.45) is 0 Å². The van der Waals surface area contributed by atoms with Gasteiger partial charge in [0.05, 0.1) is 13.0 Å². The molecule has 0 bridgehead atoms. The molecular formula is C11H9F2IN2O2. The standard InChI is InChI=1S/C11H9F2IN2O2/c1-2-18-8(17)4-6-3-7(5-15)16-10(9(6)14)11(12)13/h3,11H,2,4H2,1H3. The molecule has 0 saturated heterocycles. The number of alkyl halides is 2. The van der Waals surface area contributed by atoms with E-state index in [1.807, 2.05) is 0 Å². The first-order chi connectivity index (χ1) is 8.49. The van der Waals surface area contributed by atoms with Gasteiger partial charge in [-0.3, -0.25) is 4.79 Å². The van der Waals surface area contributed by atoms with Crippen LogP contribution in [-0.2, 0) is 16.0 Å². The van der Waals surface area contributed by atoms with Crippen molar-refractivity contribution in [3.05, 3.63) is 26.6 Å². The maximum atomic E-state index is 12.7. The molecule has 0 aliphatic heterocycles. The molecule has 0 aliphatic carbocycles. The lowest BCUT2D eigenvalue weighted by Crippen LogP contribution is -2.11. The number of halogens is 3. The normalized spacial score (nSPS) is 10.2. The third kappa shape index (κ3) is 3.60. The number of rotatable bonds is 4. The first-order valence-electron chi connectivity index (χ1n) is 5.02. The SMILES string of the molecule is CCOC(=O)Cc1cc(C#N)nc(C(F)F)c1I. The molecule has 1 heterocycles. The number of hydrogen-bond donors (Lipinski definition) is 0. The molecule has 0 amide bonds. The van der Waals surface area contributed by atoms with E-state index in [2.05, 4.69) is 4.98 Å². The Bertz CT molecular complexity index is 501. The van der Waals surface area contributed by atoms with Gasteiger partial charge in [-0.1, -0.05) is 0 Å². The van der Waals surface area contributed by atoms with Crippen molar-refractivity contribution in [3.63, 3.8) is 0 Å². The van der Waals surface area contributed by atoms with Crippen LogP contribution in [0.3, 0.4) is 0 Å². The fourth-order valence-electron chi connectivity index (χ4n) is 1.30. The lowest BCUT2D eigenvalue weighted by molar-refractivity contribution is -0.142. The minimum Gasteiger partial charge on any atom is -0.466 e. The van der Waals surface area contributed by atoms with E-state index < -0.39 is 18.1 Å². The van der Waals surface area contributed by atoms with Gasteiger partial charge >= 0.3 is 5.97 Å². The number of aromatic nitrogens is 1. The zero-order valence-electron chi connectivity index (χ0n) is 9.41. The first kappa shape index (κ1) is 14.8. The average molecular weight is 366 g/mol. The van der Waals surface area contributed by atoms with Crippen LogP contribution in [0.5, 0.6) is 0 Å². The van der Waals surface area contributed by atoms with Crippen molar-refractivity contribution in [1.29, 1.82) is 5.26 Å². The van der Waals surface area contributed by atoms with Crippen molar-refractivity contribution < 1.29 is 18.3 Å². The van der Waals surface area contributed by atoms with Crippen LogP contribution >= 0.6 is 22.6 Å². The molecule has 18 heavy (non-hydrogen) atoms. The van der Waals surface area contributed by atoms with Crippen LogP contribution in [0.15, 0.2) is 6.07 Å². The largest absolute Gasteiger partial charge is 0.466 e. The number of carbonyl (C=O) groups excluding carboxylic acids is 1. The van der Waals surface area contributed by atoms with E-state index in [0.717, 1.165) is 0 Å². The van der Waals surface area contributed by atoms with Crippen molar-refractivity contribution in [2.75, 3.05) is 6.61 Å². The summed E-state index contributed by atoms with van der Waals surface area (Å²) in [4.78, 5) is 14.9. The summed E-state index contributed by atoms with van der Waals surface area (Å²) in [6, 6.07) is 3.02. The van der Waals surface area contributed by atoms with E-state index in [1.54, 1.807) is 35.6 Å². The number of ether oxygens (including phenoxy) is 1. The number of pyridine rings is 1. The van der Waals surface area contributed by atoms with Crippen LogP contribution in [0.25, 0.3) is 0 Å². The maximum Gasteiger partial charge on any atom is 0.310 e. The summed E-state index contributed by atoms with van der Waals surface area (Å²) in [6.07, 6.45) is -2.94. The predicted molar refractivity (Wildman–Crippen MR) is 67.0 cm³/mol. The van der Waals surface area contributed by atoms with Crippen molar-refractivity contribution in [2.45, 2.75) is 19.8 Å². The lowest BCUT2D eigenvalue weighted by Gasteiger charge is -2.09. The fourth-order valence-corrected chi connectivity index (χ4v) is 2.00. The van der Waals surface area contributed by atoms with E-state index in [0.29, 0.717) is 5.56 Å². The topological polar surface area (TPSA) is 63.0 Å².